The van der Waals surface area contributed by atoms with Crippen molar-refractivity contribution in [2.45, 2.75) is 13.1 Å². The van der Waals surface area contributed by atoms with Crippen LogP contribution in [-0.2, 0) is 13.1 Å². The second-order valence-corrected chi connectivity index (χ2v) is 4.61. The third kappa shape index (κ3) is 2.53. The molecule has 2 rings (SSSR count). The maximum atomic E-state index is 5.09. The van der Waals surface area contributed by atoms with Crippen molar-refractivity contribution in [2.24, 2.45) is 0 Å². The van der Waals surface area contributed by atoms with E-state index in [-0.39, 0.29) is 0 Å². The Morgan fingerprint density at radius 1 is 1.67 bits per heavy atom. The number of nitrogens with zero attached hydrogens (tertiary/aromatic N) is 1. The number of rotatable bonds is 3. The van der Waals surface area contributed by atoms with Crippen LogP contribution in [0.2, 0.25) is 0 Å². The lowest BCUT2D eigenvalue weighted by Crippen LogP contribution is -2.28. The summed E-state index contributed by atoms with van der Waals surface area (Å²) in [5, 5.41) is 10.8. The standard InChI is InChI=1S/C9H12N4S2/c1-2-3-11-8(14)13-9-12-6-4-10-5-7(6)15-9/h2,10H,1,3-5H2,(H2,11,12,13,14). The molecule has 0 fully saturated rings. The number of anilines is 1. The molecule has 0 amide bonds. The largest absolute Gasteiger partial charge is 0.359 e. The molecule has 0 atom stereocenters. The molecule has 80 valence electrons. The first-order chi connectivity index (χ1) is 7.29. The van der Waals surface area contributed by atoms with Crippen LogP contribution < -0.4 is 16.0 Å². The van der Waals surface area contributed by atoms with Gasteiger partial charge in [0, 0.05) is 24.5 Å². The minimum atomic E-state index is 0.593. The van der Waals surface area contributed by atoms with E-state index in [0.717, 1.165) is 23.9 Å². The van der Waals surface area contributed by atoms with E-state index in [9.17, 15) is 0 Å². The number of thiocarbonyl (C=S) groups is 1. The second-order valence-electron chi connectivity index (χ2n) is 3.12. The molecule has 0 aromatic carbocycles. The Morgan fingerprint density at radius 3 is 3.27 bits per heavy atom. The lowest BCUT2D eigenvalue weighted by atomic mass is 10.4. The van der Waals surface area contributed by atoms with Crippen molar-refractivity contribution in [3.05, 3.63) is 23.2 Å². The number of hydrogen-bond acceptors (Lipinski definition) is 4. The van der Waals surface area contributed by atoms with Crippen LogP contribution in [0.25, 0.3) is 0 Å². The molecule has 3 N–H and O–H groups in total. The van der Waals surface area contributed by atoms with Gasteiger partial charge >= 0.3 is 0 Å². The predicted molar refractivity (Wildman–Crippen MR) is 67.1 cm³/mol. The number of nitrogens with one attached hydrogen (secondary N) is 3. The molecular weight excluding hydrogens is 228 g/mol. The number of aromatic nitrogens is 1. The summed E-state index contributed by atoms with van der Waals surface area (Å²) >= 11 is 6.74. The van der Waals surface area contributed by atoms with E-state index in [4.69, 9.17) is 12.2 Å². The third-order valence-corrected chi connectivity index (χ3v) is 3.24. The summed E-state index contributed by atoms with van der Waals surface area (Å²) in [5.74, 6) is 0. The lowest BCUT2D eigenvalue weighted by Gasteiger charge is -2.05. The number of thiazole rings is 1. The second kappa shape index (κ2) is 4.69. The van der Waals surface area contributed by atoms with Crippen molar-refractivity contribution in [3.8, 4) is 0 Å². The molecule has 0 saturated carbocycles. The van der Waals surface area contributed by atoms with E-state index >= 15 is 0 Å². The fourth-order valence-corrected chi connectivity index (χ4v) is 2.51. The Morgan fingerprint density at radius 2 is 2.53 bits per heavy atom. The van der Waals surface area contributed by atoms with Crippen molar-refractivity contribution in [3.63, 3.8) is 0 Å². The van der Waals surface area contributed by atoms with Crippen LogP contribution in [0.1, 0.15) is 10.6 Å². The van der Waals surface area contributed by atoms with E-state index < -0.39 is 0 Å². The van der Waals surface area contributed by atoms with Gasteiger partial charge in [-0.2, -0.15) is 0 Å². The predicted octanol–water partition coefficient (Wildman–Crippen LogP) is 1.22. The average Bonchev–Trinajstić information content (AvgIpc) is 2.74. The highest BCUT2D eigenvalue weighted by Crippen LogP contribution is 2.26. The Kier molecular flexibility index (Phi) is 3.30. The molecule has 2 heterocycles. The topological polar surface area (TPSA) is 49.0 Å². The summed E-state index contributed by atoms with van der Waals surface area (Å²) in [4.78, 5) is 5.73. The zero-order valence-electron chi connectivity index (χ0n) is 8.17. The van der Waals surface area contributed by atoms with Crippen LogP contribution in [-0.4, -0.2) is 16.6 Å². The van der Waals surface area contributed by atoms with Gasteiger partial charge < -0.3 is 16.0 Å². The average molecular weight is 240 g/mol. The summed E-state index contributed by atoms with van der Waals surface area (Å²) in [6.45, 7) is 6.05. The summed E-state index contributed by atoms with van der Waals surface area (Å²) in [6, 6.07) is 0. The fourth-order valence-electron chi connectivity index (χ4n) is 1.31. The van der Waals surface area contributed by atoms with E-state index in [1.807, 2.05) is 0 Å². The van der Waals surface area contributed by atoms with Gasteiger partial charge in [0.1, 0.15) is 0 Å². The quantitative estimate of drug-likeness (QED) is 0.548. The summed E-state index contributed by atoms with van der Waals surface area (Å²) in [5.41, 5.74) is 1.13. The molecule has 6 heteroatoms. The summed E-state index contributed by atoms with van der Waals surface area (Å²) < 4.78 is 0. The van der Waals surface area contributed by atoms with Crippen molar-refractivity contribution in [1.82, 2.24) is 15.6 Å². The molecule has 0 radical (unpaired) electrons. The van der Waals surface area contributed by atoms with Crippen LogP contribution in [0.3, 0.4) is 0 Å². The highest BCUT2D eigenvalue weighted by atomic mass is 32.1. The smallest absolute Gasteiger partial charge is 0.189 e. The zero-order chi connectivity index (χ0) is 10.7. The van der Waals surface area contributed by atoms with Gasteiger partial charge in [-0.1, -0.05) is 6.08 Å². The van der Waals surface area contributed by atoms with Gasteiger partial charge in [0.25, 0.3) is 0 Å². The van der Waals surface area contributed by atoms with Gasteiger partial charge in [-0.15, -0.1) is 17.9 Å². The van der Waals surface area contributed by atoms with Crippen molar-refractivity contribution < 1.29 is 0 Å². The van der Waals surface area contributed by atoms with Crippen LogP contribution in [0.4, 0.5) is 5.13 Å². The first-order valence-electron chi connectivity index (χ1n) is 4.64. The molecule has 1 aromatic heterocycles. The SMILES string of the molecule is C=CCNC(=S)Nc1nc2c(s1)CNC2. The highest BCUT2D eigenvalue weighted by Gasteiger charge is 2.16. The zero-order valence-corrected chi connectivity index (χ0v) is 9.80. The molecule has 1 aliphatic rings. The number of hydrogen-bond donors (Lipinski definition) is 3. The molecule has 0 aliphatic carbocycles. The molecular formula is C9H12N4S2. The fraction of sp³-hybridized carbons (Fsp3) is 0.333. The van der Waals surface area contributed by atoms with E-state index in [2.05, 4.69) is 27.5 Å². The first kappa shape index (κ1) is 10.5. The van der Waals surface area contributed by atoms with Crippen LogP contribution in [0.5, 0.6) is 0 Å². The Balaban J connectivity index is 1.93. The molecule has 0 saturated heterocycles. The van der Waals surface area contributed by atoms with Gasteiger partial charge in [0.15, 0.2) is 10.2 Å². The van der Waals surface area contributed by atoms with Crippen LogP contribution in [0, 0.1) is 0 Å². The molecule has 0 unspecified atom stereocenters. The van der Waals surface area contributed by atoms with E-state index in [1.165, 1.54) is 4.88 Å². The minimum Gasteiger partial charge on any atom is -0.359 e. The minimum absolute atomic E-state index is 0.593. The van der Waals surface area contributed by atoms with Crippen LogP contribution in [0.15, 0.2) is 12.7 Å². The van der Waals surface area contributed by atoms with Crippen molar-refractivity contribution >= 4 is 33.8 Å². The van der Waals surface area contributed by atoms with E-state index in [0.29, 0.717) is 11.7 Å². The molecule has 4 nitrogen and oxygen atoms in total. The maximum Gasteiger partial charge on any atom is 0.189 e. The Hall–Kier alpha value is -0.980. The van der Waals surface area contributed by atoms with Crippen LogP contribution >= 0.6 is 23.6 Å². The maximum absolute atomic E-state index is 5.09. The number of fused-ring (bicyclic) bond motifs is 1. The Bertz CT molecular complexity index is 364. The lowest BCUT2D eigenvalue weighted by molar-refractivity contribution is 0.759. The highest BCUT2D eigenvalue weighted by molar-refractivity contribution is 7.80. The van der Waals surface area contributed by atoms with Crippen molar-refractivity contribution in [1.29, 1.82) is 0 Å². The molecule has 0 spiro atoms. The van der Waals surface area contributed by atoms with Gasteiger partial charge in [-0.3, -0.25) is 0 Å². The first-order valence-corrected chi connectivity index (χ1v) is 5.87. The van der Waals surface area contributed by atoms with Gasteiger partial charge in [-0.05, 0) is 12.2 Å². The molecule has 0 bridgehead atoms. The summed E-state index contributed by atoms with van der Waals surface area (Å²) in [7, 11) is 0. The summed E-state index contributed by atoms with van der Waals surface area (Å²) in [6.07, 6.45) is 1.76. The van der Waals surface area contributed by atoms with Gasteiger partial charge in [0.05, 0.1) is 5.69 Å². The molecule has 1 aromatic rings. The van der Waals surface area contributed by atoms with E-state index in [1.54, 1.807) is 17.4 Å². The van der Waals surface area contributed by atoms with Gasteiger partial charge in [-0.25, -0.2) is 4.98 Å². The normalized spacial score (nSPS) is 13.3. The molecule has 15 heavy (non-hydrogen) atoms. The third-order valence-electron chi connectivity index (χ3n) is 1.98. The molecule has 1 aliphatic heterocycles. The monoisotopic (exact) mass is 240 g/mol. The van der Waals surface area contributed by atoms with Crippen molar-refractivity contribution in [2.75, 3.05) is 11.9 Å². The Labute approximate surface area is 97.8 Å². The van der Waals surface area contributed by atoms with Gasteiger partial charge in [0.2, 0.25) is 0 Å².